The van der Waals surface area contributed by atoms with E-state index in [4.69, 9.17) is 0 Å². The first-order valence-corrected chi connectivity index (χ1v) is 5.78. The number of anilines is 1. The minimum absolute atomic E-state index is 0.0180. The van der Waals surface area contributed by atoms with Gasteiger partial charge in [0.1, 0.15) is 10.2 Å². The third-order valence-electron chi connectivity index (χ3n) is 2.02. The van der Waals surface area contributed by atoms with Crippen molar-refractivity contribution in [2.24, 2.45) is 0 Å². The van der Waals surface area contributed by atoms with Gasteiger partial charge < -0.3 is 14.8 Å². The van der Waals surface area contributed by atoms with Gasteiger partial charge in [0.25, 0.3) is 0 Å². The lowest BCUT2D eigenvalue weighted by Crippen LogP contribution is -2.18. The molecule has 1 aromatic carbocycles. The van der Waals surface area contributed by atoms with Crippen LogP contribution in [0.2, 0.25) is 0 Å². The number of benzene rings is 1. The molecule has 0 saturated carbocycles. The van der Waals surface area contributed by atoms with E-state index < -0.39 is 11.9 Å². The van der Waals surface area contributed by atoms with Gasteiger partial charge in [0, 0.05) is 5.69 Å². The van der Waals surface area contributed by atoms with Crippen LogP contribution >= 0.6 is 15.9 Å². The first kappa shape index (κ1) is 14.2. The van der Waals surface area contributed by atoms with Crippen LogP contribution in [0.15, 0.2) is 40.5 Å². The van der Waals surface area contributed by atoms with Crippen molar-refractivity contribution in [3.8, 4) is 0 Å². The van der Waals surface area contributed by atoms with E-state index in [-0.39, 0.29) is 10.2 Å². The topological polar surface area (TPSA) is 64.6 Å². The van der Waals surface area contributed by atoms with Crippen LogP contribution in [-0.4, -0.2) is 26.2 Å². The molecule has 0 aliphatic carbocycles. The summed E-state index contributed by atoms with van der Waals surface area (Å²) in [6, 6.07) is 8.93. The summed E-state index contributed by atoms with van der Waals surface area (Å²) in [5, 5.41) is 2.80. The second-order valence-electron chi connectivity index (χ2n) is 3.16. The van der Waals surface area contributed by atoms with Crippen molar-refractivity contribution in [2.75, 3.05) is 19.5 Å². The van der Waals surface area contributed by atoms with Crippen LogP contribution in [0, 0.1) is 0 Å². The van der Waals surface area contributed by atoms with Gasteiger partial charge in [0.15, 0.2) is 0 Å². The molecule has 0 atom stereocenters. The lowest BCUT2D eigenvalue weighted by atomic mass is 10.3. The van der Waals surface area contributed by atoms with Crippen molar-refractivity contribution in [3.05, 3.63) is 40.5 Å². The summed E-state index contributed by atoms with van der Waals surface area (Å²) in [5.74, 6) is -1.34. The second kappa shape index (κ2) is 6.80. The van der Waals surface area contributed by atoms with Crippen LogP contribution < -0.4 is 5.32 Å². The molecule has 1 rings (SSSR count). The molecular formula is C12H12BrNO4. The number of ether oxygens (including phenoxy) is 2. The van der Waals surface area contributed by atoms with Crippen molar-refractivity contribution in [1.29, 1.82) is 0 Å². The Morgan fingerprint density at radius 1 is 1.06 bits per heavy atom. The van der Waals surface area contributed by atoms with Crippen LogP contribution in [0.5, 0.6) is 0 Å². The molecule has 0 bridgehead atoms. The maximum Gasteiger partial charge on any atom is 0.355 e. The molecule has 0 fully saturated rings. The molecule has 0 aliphatic rings. The minimum Gasteiger partial charge on any atom is -0.465 e. The summed E-state index contributed by atoms with van der Waals surface area (Å²) in [5.41, 5.74) is 0.634. The molecule has 1 N–H and O–H groups in total. The van der Waals surface area contributed by atoms with E-state index >= 15 is 0 Å². The van der Waals surface area contributed by atoms with Crippen molar-refractivity contribution in [3.63, 3.8) is 0 Å². The van der Waals surface area contributed by atoms with E-state index in [1.165, 1.54) is 14.2 Å². The molecule has 0 aliphatic heterocycles. The number of rotatable bonds is 4. The SMILES string of the molecule is COC(=O)/C(Br)=C(\Nc1ccccc1)C(=O)OC. The Morgan fingerprint density at radius 2 is 1.61 bits per heavy atom. The number of carbonyl (C=O) groups is 2. The Morgan fingerprint density at radius 3 is 2.11 bits per heavy atom. The number of nitrogens with one attached hydrogen (secondary N) is 1. The van der Waals surface area contributed by atoms with Gasteiger partial charge in [-0.3, -0.25) is 0 Å². The summed E-state index contributed by atoms with van der Waals surface area (Å²) < 4.78 is 9.11. The zero-order chi connectivity index (χ0) is 13.5. The summed E-state index contributed by atoms with van der Waals surface area (Å²) in [6.45, 7) is 0. The van der Waals surface area contributed by atoms with Gasteiger partial charge in [-0.2, -0.15) is 0 Å². The zero-order valence-corrected chi connectivity index (χ0v) is 11.5. The Labute approximate surface area is 113 Å². The molecule has 5 nitrogen and oxygen atoms in total. The third kappa shape index (κ3) is 3.59. The molecule has 0 spiro atoms. The molecule has 96 valence electrons. The van der Waals surface area contributed by atoms with Crippen LogP contribution in [-0.2, 0) is 19.1 Å². The predicted octanol–water partition coefficient (Wildman–Crippen LogP) is 2.05. The normalized spacial score (nSPS) is 11.3. The van der Waals surface area contributed by atoms with Crippen molar-refractivity contribution >= 4 is 33.6 Å². The number of methoxy groups -OCH3 is 2. The van der Waals surface area contributed by atoms with Gasteiger partial charge >= 0.3 is 11.9 Å². The van der Waals surface area contributed by atoms with Crippen LogP contribution in [0.1, 0.15) is 0 Å². The molecule has 18 heavy (non-hydrogen) atoms. The highest BCUT2D eigenvalue weighted by molar-refractivity contribution is 9.12. The van der Waals surface area contributed by atoms with Crippen LogP contribution in [0.3, 0.4) is 0 Å². The standard InChI is InChI=1S/C12H12BrNO4/c1-17-11(15)9(13)10(12(16)18-2)14-8-6-4-3-5-7-8/h3-7,14H,1-2H3/b10-9+. The lowest BCUT2D eigenvalue weighted by molar-refractivity contribution is -0.138. The molecule has 0 radical (unpaired) electrons. The molecule has 0 heterocycles. The first-order valence-electron chi connectivity index (χ1n) is 4.98. The number of carbonyl (C=O) groups excluding carboxylic acids is 2. The van der Waals surface area contributed by atoms with E-state index in [0.29, 0.717) is 5.69 Å². The van der Waals surface area contributed by atoms with Gasteiger partial charge in [-0.05, 0) is 28.1 Å². The summed E-state index contributed by atoms with van der Waals surface area (Å²) in [4.78, 5) is 23.0. The van der Waals surface area contributed by atoms with Gasteiger partial charge in [0.05, 0.1) is 14.2 Å². The Balaban J connectivity index is 3.07. The largest absolute Gasteiger partial charge is 0.465 e. The smallest absolute Gasteiger partial charge is 0.355 e. The Kier molecular flexibility index (Phi) is 5.38. The molecule has 6 heteroatoms. The quantitative estimate of drug-likeness (QED) is 0.681. The van der Waals surface area contributed by atoms with E-state index in [9.17, 15) is 9.59 Å². The zero-order valence-electron chi connectivity index (χ0n) is 9.90. The maximum absolute atomic E-state index is 11.6. The summed E-state index contributed by atoms with van der Waals surface area (Å²) in [7, 11) is 2.45. The predicted molar refractivity (Wildman–Crippen MR) is 70.0 cm³/mol. The fourth-order valence-electron chi connectivity index (χ4n) is 1.16. The number of esters is 2. The monoisotopic (exact) mass is 313 g/mol. The van der Waals surface area contributed by atoms with Crippen molar-refractivity contribution in [1.82, 2.24) is 0 Å². The fraction of sp³-hybridized carbons (Fsp3) is 0.167. The van der Waals surface area contributed by atoms with Gasteiger partial charge in [-0.15, -0.1) is 0 Å². The third-order valence-corrected chi connectivity index (χ3v) is 2.74. The van der Waals surface area contributed by atoms with Gasteiger partial charge in [-0.1, -0.05) is 18.2 Å². The number of para-hydroxylation sites is 1. The molecule has 0 aromatic heterocycles. The highest BCUT2D eigenvalue weighted by Gasteiger charge is 2.20. The number of hydrogen-bond donors (Lipinski definition) is 1. The average Bonchev–Trinajstić information content (AvgIpc) is 2.43. The molecule has 0 amide bonds. The van der Waals surface area contributed by atoms with E-state index in [1.807, 2.05) is 6.07 Å². The summed E-state index contributed by atoms with van der Waals surface area (Å²) >= 11 is 3.01. The Hall–Kier alpha value is -1.82. The molecule has 0 unspecified atom stereocenters. The average molecular weight is 314 g/mol. The maximum atomic E-state index is 11.6. The lowest BCUT2D eigenvalue weighted by Gasteiger charge is -2.10. The van der Waals surface area contributed by atoms with Crippen molar-refractivity contribution < 1.29 is 19.1 Å². The Bertz CT molecular complexity index is 470. The van der Waals surface area contributed by atoms with Crippen LogP contribution in [0.25, 0.3) is 0 Å². The molecule has 0 saturated heterocycles. The molecular weight excluding hydrogens is 302 g/mol. The van der Waals surface area contributed by atoms with Crippen LogP contribution in [0.4, 0.5) is 5.69 Å². The number of halogens is 1. The second-order valence-corrected chi connectivity index (χ2v) is 3.96. The first-order chi connectivity index (χ1) is 8.60. The highest BCUT2D eigenvalue weighted by Crippen LogP contribution is 2.18. The fourth-order valence-corrected chi connectivity index (χ4v) is 1.58. The van der Waals surface area contributed by atoms with E-state index in [2.05, 4.69) is 30.7 Å². The highest BCUT2D eigenvalue weighted by atomic mass is 79.9. The number of hydrogen-bond acceptors (Lipinski definition) is 5. The van der Waals surface area contributed by atoms with E-state index in [1.54, 1.807) is 24.3 Å². The van der Waals surface area contributed by atoms with Gasteiger partial charge in [-0.25, -0.2) is 9.59 Å². The minimum atomic E-state index is -0.670. The summed E-state index contributed by atoms with van der Waals surface area (Å²) in [6.07, 6.45) is 0. The van der Waals surface area contributed by atoms with Gasteiger partial charge in [0.2, 0.25) is 0 Å². The van der Waals surface area contributed by atoms with Crippen molar-refractivity contribution in [2.45, 2.75) is 0 Å². The molecule has 1 aromatic rings. The van der Waals surface area contributed by atoms with E-state index in [0.717, 1.165) is 0 Å².